The molecule has 0 aliphatic rings. The van der Waals surface area contributed by atoms with Gasteiger partial charge in [-0.3, -0.25) is 4.79 Å². The van der Waals surface area contributed by atoms with Crippen LogP contribution in [0.5, 0.6) is 0 Å². The summed E-state index contributed by atoms with van der Waals surface area (Å²) < 4.78 is 9.19. The number of carbonyl (C=O) groups excluding carboxylic acids is 2. The minimum Gasteiger partial charge on any atom is -0.466 e. The lowest BCUT2D eigenvalue weighted by Crippen LogP contribution is -2.51. The maximum Gasteiger partial charge on any atom is 0.341 e. The summed E-state index contributed by atoms with van der Waals surface area (Å²) in [5, 5.41) is 19.2. The fourth-order valence-electron chi connectivity index (χ4n) is 1.08. The highest BCUT2D eigenvalue weighted by atomic mass is 16.6. The van der Waals surface area contributed by atoms with E-state index in [4.69, 9.17) is 0 Å². The molecule has 0 aromatic heterocycles. The van der Waals surface area contributed by atoms with Crippen LogP contribution in [-0.4, -0.2) is 47.1 Å². The Balaban J connectivity index is 4.69. The highest BCUT2D eigenvalue weighted by Crippen LogP contribution is 2.18. The zero-order chi connectivity index (χ0) is 12.8. The molecule has 0 saturated heterocycles. The lowest BCUT2D eigenvalue weighted by atomic mass is 9.94. The number of aliphatic hydroxyl groups excluding tert-OH is 1. The van der Waals surface area contributed by atoms with Crippen molar-refractivity contribution < 1.29 is 29.3 Å². The van der Waals surface area contributed by atoms with Crippen LogP contribution >= 0.6 is 0 Å². The van der Waals surface area contributed by atoms with Gasteiger partial charge in [0.05, 0.1) is 25.7 Å². The van der Waals surface area contributed by atoms with Gasteiger partial charge in [0.15, 0.2) is 5.60 Å². The van der Waals surface area contributed by atoms with Crippen LogP contribution in [0.15, 0.2) is 0 Å². The van der Waals surface area contributed by atoms with Crippen molar-refractivity contribution in [1.29, 1.82) is 0 Å². The number of aliphatic hydroxyl groups is 2. The molecule has 0 aromatic carbocycles. The Kier molecular flexibility index (Phi) is 5.98. The Morgan fingerprint density at radius 3 is 2.12 bits per heavy atom. The van der Waals surface area contributed by atoms with Gasteiger partial charge in [0, 0.05) is 0 Å². The maximum atomic E-state index is 11.4. The number of carbonyl (C=O) groups is 2. The summed E-state index contributed by atoms with van der Waals surface area (Å²) in [5.74, 6) is -1.79. The summed E-state index contributed by atoms with van der Waals surface area (Å²) in [6.07, 6.45) is -2.05. The van der Waals surface area contributed by atoms with E-state index in [-0.39, 0.29) is 13.2 Å². The Hall–Kier alpha value is -1.14. The van der Waals surface area contributed by atoms with Crippen molar-refractivity contribution in [3.05, 3.63) is 0 Å². The van der Waals surface area contributed by atoms with E-state index in [0.717, 1.165) is 0 Å². The highest BCUT2D eigenvalue weighted by Gasteiger charge is 2.45. The number of hydrogen-bond donors (Lipinski definition) is 2. The van der Waals surface area contributed by atoms with Crippen LogP contribution in [-0.2, 0) is 19.1 Å². The van der Waals surface area contributed by atoms with Crippen molar-refractivity contribution in [1.82, 2.24) is 0 Å². The monoisotopic (exact) mass is 234 g/mol. The molecule has 0 fully saturated rings. The van der Waals surface area contributed by atoms with Crippen molar-refractivity contribution in [2.75, 3.05) is 13.2 Å². The molecule has 0 amide bonds. The van der Waals surface area contributed by atoms with Crippen LogP contribution in [0.2, 0.25) is 0 Å². The molecular weight excluding hydrogens is 216 g/mol. The number of hydrogen-bond acceptors (Lipinski definition) is 6. The van der Waals surface area contributed by atoms with Crippen LogP contribution in [0, 0.1) is 0 Å². The third-order valence-corrected chi connectivity index (χ3v) is 2.04. The van der Waals surface area contributed by atoms with Crippen LogP contribution in [0.4, 0.5) is 0 Å². The third kappa shape index (κ3) is 3.79. The quantitative estimate of drug-likeness (QED) is 0.608. The molecule has 0 spiro atoms. The van der Waals surface area contributed by atoms with Gasteiger partial charge in [-0.05, 0) is 20.8 Å². The van der Waals surface area contributed by atoms with E-state index in [0.29, 0.717) is 0 Å². The molecule has 6 nitrogen and oxygen atoms in total. The van der Waals surface area contributed by atoms with Crippen molar-refractivity contribution in [3.8, 4) is 0 Å². The normalized spacial score (nSPS) is 16.1. The van der Waals surface area contributed by atoms with Crippen LogP contribution in [0.25, 0.3) is 0 Å². The summed E-state index contributed by atoms with van der Waals surface area (Å²) in [6.45, 7) is 4.55. The van der Waals surface area contributed by atoms with Crippen molar-refractivity contribution in [2.45, 2.75) is 38.9 Å². The van der Waals surface area contributed by atoms with E-state index in [1.165, 1.54) is 6.92 Å². The molecule has 2 N–H and O–H groups in total. The molecular formula is C10H18O6. The van der Waals surface area contributed by atoms with Gasteiger partial charge >= 0.3 is 11.9 Å². The van der Waals surface area contributed by atoms with Gasteiger partial charge < -0.3 is 19.7 Å². The smallest absolute Gasteiger partial charge is 0.341 e. The molecule has 0 bridgehead atoms. The van der Waals surface area contributed by atoms with Gasteiger partial charge in [-0.25, -0.2) is 4.79 Å². The highest BCUT2D eigenvalue weighted by molar-refractivity contribution is 5.86. The lowest BCUT2D eigenvalue weighted by molar-refractivity contribution is -0.183. The topological polar surface area (TPSA) is 93.1 Å². The molecule has 0 heterocycles. The predicted molar refractivity (Wildman–Crippen MR) is 54.5 cm³/mol. The van der Waals surface area contributed by atoms with E-state index in [2.05, 4.69) is 9.47 Å². The Morgan fingerprint density at radius 2 is 1.75 bits per heavy atom. The minimum atomic E-state index is -2.25. The molecule has 0 saturated carbocycles. The summed E-state index contributed by atoms with van der Waals surface area (Å²) in [7, 11) is 0. The zero-order valence-corrected chi connectivity index (χ0v) is 9.73. The van der Waals surface area contributed by atoms with Crippen LogP contribution < -0.4 is 0 Å². The standard InChI is InChI=1S/C10H18O6/c1-4-15-8(12)6-10(14,7(3)11)9(13)16-5-2/h7,11,14H,4-6H2,1-3H3. The van der Waals surface area contributed by atoms with E-state index >= 15 is 0 Å². The molecule has 0 aliphatic carbocycles. The number of rotatable bonds is 6. The number of esters is 2. The van der Waals surface area contributed by atoms with Crippen molar-refractivity contribution >= 4 is 11.9 Å². The molecule has 0 aromatic rings. The predicted octanol–water partition coefficient (Wildman–Crippen LogP) is -0.385. The van der Waals surface area contributed by atoms with E-state index in [1.807, 2.05) is 0 Å². The van der Waals surface area contributed by atoms with Crippen molar-refractivity contribution in [3.63, 3.8) is 0 Å². The molecule has 0 rings (SSSR count). The first-order valence-corrected chi connectivity index (χ1v) is 5.11. The minimum absolute atomic E-state index is 0.0523. The third-order valence-electron chi connectivity index (χ3n) is 2.04. The van der Waals surface area contributed by atoms with Crippen LogP contribution in [0.1, 0.15) is 27.2 Å². The first kappa shape index (κ1) is 14.9. The first-order chi connectivity index (χ1) is 7.38. The van der Waals surface area contributed by atoms with Gasteiger partial charge in [-0.1, -0.05) is 0 Å². The molecule has 16 heavy (non-hydrogen) atoms. The largest absolute Gasteiger partial charge is 0.466 e. The molecule has 0 radical (unpaired) electrons. The maximum absolute atomic E-state index is 11.4. The fourth-order valence-corrected chi connectivity index (χ4v) is 1.08. The molecule has 0 aliphatic heterocycles. The second kappa shape index (κ2) is 6.44. The molecule has 2 unspecified atom stereocenters. The van der Waals surface area contributed by atoms with Gasteiger partial charge in [0.2, 0.25) is 0 Å². The molecule has 6 heteroatoms. The second-order valence-corrected chi connectivity index (χ2v) is 3.30. The van der Waals surface area contributed by atoms with Gasteiger partial charge in [0.25, 0.3) is 0 Å². The summed E-state index contributed by atoms with van der Waals surface area (Å²) in [4.78, 5) is 22.6. The van der Waals surface area contributed by atoms with Crippen molar-refractivity contribution in [2.24, 2.45) is 0 Å². The van der Waals surface area contributed by atoms with Gasteiger partial charge in [0.1, 0.15) is 0 Å². The summed E-state index contributed by atoms with van der Waals surface area (Å²) in [6, 6.07) is 0. The Morgan fingerprint density at radius 1 is 1.25 bits per heavy atom. The van der Waals surface area contributed by atoms with E-state index in [9.17, 15) is 19.8 Å². The Bertz CT molecular complexity index is 250. The lowest BCUT2D eigenvalue weighted by Gasteiger charge is -2.27. The van der Waals surface area contributed by atoms with E-state index in [1.54, 1.807) is 13.8 Å². The SMILES string of the molecule is CCOC(=O)CC(O)(C(=O)OCC)C(C)O. The van der Waals surface area contributed by atoms with Gasteiger partial charge in [-0.15, -0.1) is 0 Å². The second-order valence-electron chi connectivity index (χ2n) is 3.30. The molecule has 2 atom stereocenters. The van der Waals surface area contributed by atoms with E-state index < -0.39 is 30.1 Å². The van der Waals surface area contributed by atoms with Gasteiger partial charge in [-0.2, -0.15) is 0 Å². The fraction of sp³-hybridized carbons (Fsp3) is 0.800. The first-order valence-electron chi connectivity index (χ1n) is 5.11. The average molecular weight is 234 g/mol. The zero-order valence-electron chi connectivity index (χ0n) is 9.73. The molecule has 94 valence electrons. The van der Waals surface area contributed by atoms with Crippen LogP contribution in [0.3, 0.4) is 0 Å². The number of ether oxygens (including phenoxy) is 2. The average Bonchev–Trinajstić information content (AvgIpc) is 2.17. The Labute approximate surface area is 94.2 Å². The summed E-state index contributed by atoms with van der Waals surface area (Å²) in [5.41, 5.74) is -2.25. The summed E-state index contributed by atoms with van der Waals surface area (Å²) >= 11 is 0.